The summed E-state index contributed by atoms with van der Waals surface area (Å²) in [7, 11) is 0. The molecule has 0 aliphatic heterocycles. The number of carboxylic acid groups (broad SMARTS) is 1. The average molecular weight is 340 g/mol. The summed E-state index contributed by atoms with van der Waals surface area (Å²) in [5.74, 6) is 0. The third-order valence-electron chi connectivity index (χ3n) is 3.94. The minimum absolute atomic E-state index is 0.384. The Morgan fingerprint density at radius 3 is 2.64 bits per heavy atom. The zero-order valence-electron chi connectivity index (χ0n) is 14.8. The molecule has 25 heavy (non-hydrogen) atoms. The minimum atomic E-state index is -0.979. The Bertz CT molecular complexity index is 768. The fourth-order valence-corrected chi connectivity index (χ4v) is 2.89. The van der Waals surface area contributed by atoms with Gasteiger partial charge < -0.3 is 10.8 Å². The number of anilines is 1. The molecule has 6 nitrogen and oxygen atoms in total. The lowest BCUT2D eigenvalue weighted by Crippen LogP contribution is -2.47. The molecule has 0 saturated carbocycles. The zero-order valence-corrected chi connectivity index (χ0v) is 14.8. The third-order valence-corrected chi connectivity index (χ3v) is 3.94. The van der Waals surface area contributed by atoms with Gasteiger partial charge in [0.05, 0.1) is 17.9 Å². The molecule has 0 bridgehead atoms. The molecule has 0 aliphatic rings. The fourth-order valence-electron chi connectivity index (χ4n) is 2.89. The summed E-state index contributed by atoms with van der Waals surface area (Å²) in [5, 5.41) is 9.74. The average Bonchev–Trinajstić information content (AvgIpc) is 2.53. The van der Waals surface area contributed by atoms with E-state index in [4.69, 9.17) is 5.73 Å². The number of nitrogen functional groups attached to an aromatic ring is 1. The number of hydrogen-bond donors (Lipinski definition) is 2. The number of nitrogens with two attached hydrogens (primary N) is 1. The molecule has 132 valence electrons. The van der Waals surface area contributed by atoms with Crippen molar-refractivity contribution in [3.05, 3.63) is 55.1 Å². The van der Waals surface area contributed by atoms with Crippen LogP contribution in [-0.4, -0.2) is 31.6 Å². The van der Waals surface area contributed by atoms with Crippen molar-refractivity contribution in [2.45, 2.75) is 38.8 Å². The van der Waals surface area contributed by atoms with Gasteiger partial charge in [-0.3, -0.25) is 14.9 Å². The maximum absolute atomic E-state index is 11.9. The Morgan fingerprint density at radius 2 is 2.08 bits per heavy atom. The van der Waals surface area contributed by atoms with Crippen molar-refractivity contribution in [1.29, 1.82) is 0 Å². The highest BCUT2D eigenvalue weighted by Crippen LogP contribution is 2.33. The maximum atomic E-state index is 11.9. The van der Waals surface area contributed by atoms with E-state index >= 15 is 0 Å². The van der Waals surface area contributed by atoms with Crippen LogP contribution in [0.25, 0.3) is 11.1 Å². The monoisotopic (exact) mass is 340 g/mol. The second-order valence-electron chi connectivity index (χ2n) is 6.83. The van der Waals surface area contributed by atoms with Crippen molar-refractivity contribution in [2.24, 2.45) is 0 Å². The highest BCUT2D eigenvalue weighted by molar-refractivity contribution is 5.75. The molecule has 0 fully saturated rings. The lowest BCUT2D eigenvalue weighted by atomic mass is 9.95. The van der Waals surface area contributed by atoms with Gasteiger partial charge in [0.25, 0.3) is 0 Å². The number of amides is 1. The number of carbonyl (C=O) groups is 1. The van der Waals surface area contributed by atoms with Crippen LogP contribution in [0.3, 0.4) is 0 Å². The first-order valence-corrected chi connectivity index (χ1v) is 8.03. The minimum Gasteiger partial charge on any atom is -0.465 e. The second-order valence-corrected chi connectivity index (χ2v) is 6.83. The molecule has 3 N–H and O–H groups in total. The van der Waals surface area contributed by atoms with Crippen molar-refractivity contribution in [3.63, 3.8) is 0 Å². The molecule has 0 aromatic carbocycles. The first-order valence-electron chi connectivity index (χ1n) is 8.03. The molecule has 0 unspecified atom stereocenters. The van der Waals surface area contributed by atoms with Crippen molar-refractivity contribution < 1.29 is 9.90 Å². The Kier molecular flexibility index (Phi) is 5.41. The summed E-state index contributed by atoms with van der Waals surface area (Å²) in [6, 6.07) is 3.36. The quantitative estimate of drug-likeness (QED) is 0.799. The summed E-state index contributed by atoms with van der Waals surface area (Å²) in [6.45, 7) is 9.39. The Labute approximate surface area is 148 Å². The predicted molar refractivity (Wildman–Crippen MR) is 99.1 cm³/mol. The molecule has 1 atom stereocenters. The lowest BCUT2D eigenvalue weighted by Gasteiger charge is -2.39. The van der Waals surface area contributed by atoms with Crippen LogP contribution in [0.2, 0.25) is 0 Å². The van der Waals surface area contributed by atoms with E-state index in [9.17, 15) is 9.90 Å². The van der Waals surface area contributed by atoms with Crippen LogP contribution in [0.4, 0.5) is 10.5 Å². The number of pyridine rings is 2. The van der Waals surface area contributed by atoms with E-state index in [1.54, 1.807) is 30.9 Å². The fraction of sp³-hybridized carbons (Fsp3) is 0.316. The number of hydrogen-bond acceptors (Lipinski definition) is 4. The van der Waals surface area contributed by atoms with E-state index in [1.165, 1.54) is 4.90 Å². The van der Waals surface area contributed by atoms with Crippen molar-refractivity contribution >= 4 is 11.8 Å². The second kappa shape index (κ2) is 7.34. The standard InChI is InChI=1S/C19H24N4O2/c1-5-6-17(23(18(24)25)19(2,3)4)14-9-13(10-22-11-14)15-7-8-21-12-16(15)20/h5,7-12,17H,1,6,20H2,2-4H3,(H,24,25)/t17-/m0/s1. The molecule has 0 saturated heterocycles. The Morgan fingerprint density at radius 1 is 1.36 bits per heavy atom. The molecule has 2 heterocycles. The topological polar surface area (TPSA) is 92.3 Å². The van der Waals surface area contributed by atoms with E-state index in [0.717, 1.165) is 16.7 Å². The highest BCUT2D eigenvalue weighted by Gasteiger charge is 2.33. The smallest absolute Gasteiger partial charge is 0.408 e. The van der Waals surface area contributed by atoms with E-state index in [-0.39, 0.29) is 6.04 Å². The van der Waals surface area contributed by atoms with Gasteiger partial charge in [-0.2, -0.15) is 0 Å². The molecular formula is C19H24N4O2. The molecule has 2 aromatic heterocycles. The van der Waals surface area contributed by atoms with Crippen LogP contribution >= 0.6 is 0 Å². The summed E-state index contributed by atoms with van der Waals surface area (Å²) < 4.78 is 0. The molecule has 2 rings (SSSR count). The zero-order chi connectivity index (χ0) is 18.6. The maximum Gasteiger partial charge on any atom is 0.408 e. The first kappa shape index (κ1) is 18.4. The summed E-state index contributed by atoms with van der Waals surface area (Å²) >= 11 is 0. The van der Waals surface area contributed by atoms with Crippen LogP contribution in [-0.2, 0) is 0 Å². The van der Waals surface area contributed by atoms with Crippen LogP contribution in [0.15, 0.2) is 49.6 Å². The SMILES string of the molecule is C=CC[C@@H](c1cncc(-c2ccncc2N)c1)N(C(=O)O)C(C)(C)C. The van der Waals surface area contributed by atoms with Crippen molar-refractivity contribution in [1.82, 2.24) is 14.9 Å². The van der Waals surface area contributed by atoms with Gasteiger partial charge in [0, 0.05) is 35.3 Å². The van der Waals surface area contributed by atoms with Crippen LogP contribution in [0.5, 0.6) is 0 Å². The van der Waals surface area contributed by atoms with E-state index < -0.39 is 11.6 Å². The van der Waals surface area contributed by atoms with Gasteiger partial charge >= 0.3 is 6.09 Å². The largest absolute Gasteiger partial charge is 0.465 e. The van der Waals surface area contributed by atoms with Crippen LogP contribution in [0, 0.1) is 0 Å². The van der Waals surface area contributed by atoms with Crippen LogP contribution in [0.1, 0.15) is 38.8 Å². The van der Waals surface area contributed by atoms with Gasteiger partial charge in [-0.05, 0) is 44.9 Å². The predicted octanol–water partition coefficient (Wildman–Crippen LogP) is 4.12. The van der Waals surface area contributed by atoms with Gasteiger partial charge in [0.2, 0.25) is 0 Å². The third kappa shape index (κ3) is 4.15. The normalized spacial score (nSPS) is 12.4. The number of rotatable bonds is 5. The molecule has 1 amide bonds. The van der Waals surface area contributed by atoms with Gasteiger partial charge in [-0.15, -0.1) is 6.58 Å². The van der Waals surface area contributed by atoms with Gasteiger partial charge in [0.15, 0.2) is 0 Å². The molecule has 2 aromatic rings. The van der Waals surface area contributed by atoms with Crippen LogP contribution < -0.4 is 5.73 Å². The molecule has 0 aliphatic carbocycles. The molecule has 0 spiro atoms. The van der Waals surface area contributed by atoms with E-state index in [1.807, 2.05) is 32.9 Å². The van der Waals surface area contributed by atoms with E-state index in [0.29, 0.717) is 12.1 Å². The molecular weight excluding hydrogens is 316 g/mol. The Balaban J connectivity index is 2.53. The highest BCUT2D eigenvalue weighted by atomic mass is 16.4. The van der Waals surface area contributed by atoms with Gasteiger partial charge in [0.1, 0.15) is 0 Å². The molecule has 6 heteroatoms. The van der Waals surface area contributed by atoms with Crippen molar-refractivity contribution in [2.75, 3.05) is 5.73 Å². The summed E-state index contributed by atoms with van der Waals surface area (Å²) in [5.41, 5.74) is 8.43. The lowest BCUT2D eigenvalue weighted by molar-refractivity contribution is 0.0704. The van der Waals surface area contributed by atoms with Gasteiger partial charge in [-0.25, -0.2) is 4.79 Å². The van der Waals surface area contributed by atoms with Gasteiger partial charge in [-0.1, -0.05) is 6.08 Å². The first-order chi connectivity index (χ1) is 11.8. The Hall–Kier alpha value is -2.89. The summed E-state index contributed by atoms with van der Waals surface area (Å²) in [6.07, 6.45) is 7.88. The van der Waals surface area contributed by atoms with E-state index in [2.05, 4.69) is 16.5 Å². The van der Waals surface area contributed by atoms with Crippen molar-refractivity contribution in [3.8, 4) is 11.1 Å². The summed E-state index contributed by atoms with van der Waals surface area (Å²) in [4.78, 5) is 21.6. The molecule has 0 radical (unpaired) electrons. The number of aromatic nitrogens is 2. The number of nitrogens with zero attached hydrogens (tertiary/aromatic N) is 3.